The third-order valence-electron chi connectivity index (χ3n) is 3.29. The van der Waals surface area contributed by atoms with Crippen LogP contribution in [0.3, 0.4) is 0 Å². The maximum Gasteiger partial charge on any atom is 0.161 e. The SMILES string of the molecule is C[Si](C)(CCl)c1c(F)c(F)c([Si](C)(C)CCl)c(F)c1F. The summed E-state index contributed by atoms with van der Waals surface area (Å²) in [4.78, 5) is 0. The number of halogens is 6. The molecule has 0 aliphatic heterocycles. The van der Waals surface area contributed by atoms with Gasteiger partial charge in [0.25, 0.3) is 0 Å². The second-order valence-electron chi connectivity index (χ2n) is 6.04. The monoisotopic (exact) mass is 362 g/mol. The van der Waals surface area contributed by atoms with Crippen molar-refractivity contribution in [2.45, 2.75) is 26.2 Å². The highest BCUT2D eigenvalue weighted by Crippen LogP contribution is 2.19. The molecular weight excluding hydrogens is 347 g/mol. The summed E-state index contributed by atoms with van der Waals surface area (Å²) >= 11 is 11.4. The molecule has 0 N–H and O–H groups in total. The van der Waals surface area contributed by atoms with E-state index in [0.29, 0.717) is 0 Å². The molecule has 0 aromatic heterocycles. The molecule has 1 aromatic rings. The predicted molar refractivity (Wildman–Crippen MR) is 81.9 cm³/mol. The van der Waals surface area contributed by atoms with E-state index in [1.807, 2.05) is 0 Å². The van der Waals surface area contributed by atoms with Gasteiger partial charge in [-0.1, -0.05) is 26.2 Å². The first-order chi connectivity index (χ1) is 9.01. The van der Waals surface area contributed by atoms with Crippen molar-refractivity contribution in [1.82, 2.24) is 0 Å². The summed E-state index contributed by atoms with van der Waals surface area (Å²) in [5, 5.41) is -1.05. The van der Waals surface area contributed by atoms with Crippen molar-refractivity contribution in [2.24, 2.45) is 0 Å². The minimum absolute atomic E-state index is 0.0323. The fraction of sp³-hybridized carbons (Fsp3) is 0.500. The van der Waals surface area contributed by atoms with E-state index in [1.165, 1.54) is 0 Å². The van der Waals surface area contributed by atoms with Gasteiger partial charge in [0.1, 0.15) is 16.1 Å². The van der Waals surface area contributed by atoms with Crippen LogP contribution in [0.25, 0.3) is 0 Å². The third kappa shape index (κ3) is 2.93. The number of alkyl halides is 2. The molecule has 1 rings (SSSR count). The smallest absolute Gasteiger partial charge is 0.161 e. The van der Waals surface area contributed by atoms with E-state index in [-0.39, 0.29) is 11.0 Å². The standard InChI is InChI=1S/C12H16Cl2F4Si2/c1-19(2,5-13)11-7(15)9(17)12(10(18)8(11)16)20(3,4)6-14/h5-6H2,1-4H3. The Morgan fingerprint density at radius 2 is 0.850 bits per heavy atom. The molecule has 0 radical (unpaired) electrons. The summed E-state index contributed by atoms with van der Waals surface area (Å²) in [5.41, 5.74) is -0.0647. The molecule has 0 aliphatic carbocycles. The topological polar surface area (TPSA) is 0 Å². The molecule has 1 aromatic carbocycles. The molecule has 0 fully saturated rings. The van der Waals surface area contributed by atoms with Crippen LogP contribution in [0.1, 0.15) is 0 Å². The summed E-state index contributed by atoms with van der Waals surface area (Å²) in [6.07, 6.45) is 0. The van der Waals surface area contributed by atoms with Crippen LogP contribution in [0.2, 0.25) is 26.2 Å². The van der Waals surface area contributed by atoms with Crippen molar-refractivity contribution in [1.29, 1.82) is 0 Å². The normalized spacial score (nSPS) is 12.9. The third-order valence-corrected chi connectivity index (χ3v) is 12.2. The Labute approximate surface area is 128 Å². The molecular formula is C12H16Cl2F4Si2. The number of hydrogen-bond donors (Lipinski definition) is 0. The fourth-order valence-electron chi connectivity index (χ4n) is 1.95. The Hall–Kier alpha value is -0.0462. The van der Waals surface area contributed by atoms with E-state index in [2.05, 4.69) is 0 Å². The number of benzene rings is 1. The predicted octanol–water partition coefficient (Wildman–Crippen LogP) is 3.63. The van der Waals surface area contributed by atoms with E-state index in [4.69, 9.17) is 23.2 Å². The first kappa shape index (κ1) is 18.0. The summed E-state index contributed by atoms with van der Waals surface area (Å²) in [6.45, 7) is 6.24. The summed E-state index contributed by atoms with van der Waals surface area (Å²) in [5.74, 6) is -5.27. The molecule has 0 nitrogen and oxygen atoms in total. The first-order valence-electron chi connectivity index (χ1n) is 6.00. The average Bonchev–Trinajstić information content (AvgIpc) is 2.36. The van der Waals surface area contributed by atoms with Gasteiger partial charge >= 0.3 is 0 Å². The van der Waals surface area contributed by atoms with Crippen molar-refractivity contribution >= 4 is 49.7 Å². The Bertz CT molecular complexity index is 457. The Morgan fingerprint density at radius 3 is 1.00 bits per heavy atom. The van der Waals surface area contributed by atoms with Gasteiger partial charge in [-0.05, 0) is 0 Å². The largest absolute Gasteiger partial charge is 0.204 e. The molecule has 8 heteroatoms. The zero-order valence-corrected chi connectivity index (χ0v) is 15.2. The first-order valence-corrected chi connectivity index (χ1v) is 13.5. The van der Waals surface area contributed by atoms with Crippen LogP contribution < -0.4 is 10.4 Å². The molecule has 0 spiro atoms. The van der Waals surface area contributed by atoms with Crippen molar-refractivity contribution < 1.29 is 17.6 Å². The molecule has 0 saturated heterocycles. The maximum atomic E-state index is 14.2. The molecule has 0 amide bonds. The van der Waals surface area contributed by atoms with E-state index < -0.39 is 49.8 Å². The van der Waals surface area contributed by atoms with E-state index in [1.54, 1.807) is 26.2 Å². The summed E-state index contributed by atoms with van der Waals surface area (Å²) < 4.78 is 56.9. The lowest BCUT2D eigenvalue weighted by atomic mass is 10.3. The maximum absolute atomic E-state index is 14.2. The van der Waals surface area contributed by atoms with Gasteiger partial charge < -0.3 is 0 Å². The molecule has 20 heavy (non-hydrogen) atoms. The summed E-state index contributed by atoms with van der Waals surface area (Å²) in [6, 6.07) is 0. The number of rotatable bonds is 4. The van der Waals surface area contributed by atoms with Crippen LogP contribution in [0.4, 0.5) is 17.6 Å². The van der Waals surface area contributed by atoms with Crippen molar-refractivity contribution in [3.63, 3.8) is 0 Å². The highest BCUT2D eigenvalue weighted by molar-refractivity contribution is 6.95. The minimum atomic E-state index is -2.78. The molecule has 0 unspecified atom stereocenters. The van der Waals surface area contributed by atoms with Crippen LogP contribution in [0.5, 0.6) is 0 Å². The zero-order chi connectivity index (χ0) is 15.9. The van der Waals surface area contributed by atoms with Gasteiger partial charge in [-0.25, -0.2) is 17.6 Å². The Kier molecular flexibility index (Phi) is 5.39. The molecule has 0 heterocycles. The van der Waals surface area contributed by atoms with E-state index >= 15 is 0 Å². The molecule has 0 aliphatic rings. The van der Waals surface area contributed by atoms with Gasteiger partial charge in [0, 0.05) is 21.4 Å². The second kappa shape index (κ2) is 5.98. The van der Waals surface area contributed by atoms with Gasteiger partial charge in [-0.2, -0.15) is 0 Å². The van der Waals surface area contributed by atoms with Crippen LogP contribution in [0.15, 0.2) is 0 Å². The number of hydrogen-bond acceptors (Lipinski definition) is 0. The van der Waals surface area contributed by atoms with Gasteiger partial charge in [0.15, 0.2) is 23.3 Å². The quantitative estimate of drug-likeness (QED) is 0.332. The Morgan fingerprint density at radius 1 is 0.650 bits per heavy atom. The van der Waals surface area contributed by atoms with E-state index in [0.717, 1.165) is 0 Å². The molecule has 0 saturated carbocycles. The van der Waals surface area contributed by atoms with Gasteiger partial charge in [0.05, 0.1) is 0 Å². The van der Waals surface area contributed by atoms with Crippen LogP contribution in [-0.2, 0) is 0 Å². The van der Waals surface area contributed by atoms with Crippen LogP contribution in [0, 0.1) is 23.3 Å². The summed E-state index contributed by atoms with van der Waals surface area (Å²) in [7, 11) is -5.56. The van der Waals surface area contributed by atoms with Crippen LogP contribution >= 0.6 is 23.2 Å². The molecule has 0 atom stereocenters. The van der Waals surface area contributed by atoms with E-state index in [9.17, 15) is 17.6 Å². The van der Waals surface area contributed by atoms with Crippen molar-refractivity contribution in [2.75, 3.05) is 11.0 Å². The molecule has 0 bridgehead atoms. The average molecular weight is 363 g/mol. The highest BCUT2D eigenvalue weighted by Gasteiger charge is 2.39. The second-order valence-corrected chi connectivity index (χ2v) is 16.7. The van der Waals surface area contributed by atoms with Crippen molar-refractivity contribution in [3.8, 4) is 0 Å². The van der Waals surface area contributed by atoms with Crippen molar-refractivity contribution in [3.05, 3.63) is 23.3 Å². The van der Waals surface area contributed by atoms with Gasteiger partial charge in [-0.15, -0.1) is 23.2 Å². The lowest BCUT2D eigenvalue weighted by molar-refractivity contribution is 0.471. The highest BCUT2D eigenvalue weighted by atomic mass is 35.5. The lowest BCUT2D eigenvalue weighted by Gasteiger charge is -2.26. The molecule has 114 valence electrons. The minimum Gasteiger partial charge on any atom is -0.204 e. The Balaban J connectivity index is 3.76. The van der Waals surface area contributed by atoms with Crippen LogP contribution in [-0.4, -0.2) is 27.2 Å². The fourth-order valence-corrected chi connectivity index (χ4v) is 5.84. The van der Waals surface area contributed by atoms with Gasteiger partial charge in [-0.3, -0.25) is 0 Å². The lowest BCUT2D eigenvalue weighted by Crippen LogP contribution is -2.55. The van der Waals surface area contributed by atoms with Gasteiger partial charge in [0.2, 0.25) is 0 Å². The zero-order valence-electron chi connectivity index (χ0n) is 11.7.